The predicted molar refractivity (Wildman–Crippen MR) is 139 cm³/mol. The first-order valence-electron chi connectivity index (χ1n) is 11.4. The van der Waals surface area contributed by atoms with E-state index < -0.39 is 0 Å². The van der Waals surface area contributed by atoms with Crippen LogP contribution in [-0.2, 0) is 6.54 Å². The van der Waals surface area contributed by atoms with Crippen molar-refractivity contribution in [3.05, 3.63) is 89.5 Å². The molecule has 3 aromatic carbocycles. The summed E-state index contributed by atoms with van der Waals surface area (Å²) in [7, 11) is 0. The van der Waals surface area contributed by atoms with Crippen LogP contribution in [-0.4, -0.2) is 38.5 Å². The SMILES string of the molecule is CCOc1cc(/C=N\n2c(N)c(C(=O)NCc3ccccc3)c3nc4ccccc4nc32)ccc1O. The molecule has 5 rings (SSSR count). The van der Waals surface area contributed by atoms with Crippen LogP contribution in [0.2, 0.25) is 0 Å². The van der Waals surface area contributed by atoms with Gasteiger partial charge in [0.05, 0.1) is 23.9 Å². The van der Waals surface area contributed by atoms with E-state index in [0.717, 1.165) is 5.56 Å². The first-order chi connectivity index (χ1) is 17.5. The number of nitrogens with one attached hydrogen (secondary N) is 1. The Morgan fingerprint density at radius 3 is 2.56 bits per heavy atom. The van der Waals surface area contributed by atoms with Gasteiger partial charge in [-0.25, -0.2) is 9.97 Å². The summed E-state index contributed by atoms with van der Waals surface area (Å²) in [5.41, 5.74) is 10.3. The van der Waals surface area contributed by atoms with Crippen LogP contribution in [0.4, 0.5) is 5.82 Å². The Morgan fingerprint density at radius 1 is 1.08 bits per heavy atom. The Bertz CT molecular complexity index is 1590. The molecule has 9 nitrogen and oxygen atoms in total. The first-order valence-corrected chi connectivity index (χ1v) is 11.4. The smallest absolute Gasteiger partial charge is 0.257 e. The van der Waals surface area contributed by atoms with Crippen molar-refractivity contribution in [2.24, 2.45) is 5.10 Å². The summed E-state index contributed by atoms with van der Waals surface area (Å²) in [5.74, 6) is 0.127. The number of nitrogen functional groups attached to an aromatic ring is 1. The molecule has 0 aliphatic rings. The number of para-hydroxylation sites is 2. The number of anilines is 1. The fourth-order valence-corrected chi connectivity index (χ4v) is 3.86. The van der Waals surface area contributed by atoms with Gasteiger partial charge in [-0.3, -0.25) is 4.79 Å². The average molecular weight is 481 g/mol. The maximum Gasteiger partial charge on any atom is 0.257 e. The second kappa shape index (κ2) is 9.75. The van der Waals surface area contributed by atoms with Crippen LogP contribution in [0.15, 0.2) is 77.9 Å². The van der Waals surface area contributed by atoms with Crippen molar-refractivity contribution in [2.75, 3.05) is 12.3 Å². The molecule has 0 saturated heterocycles. The number of hydrogen-bond donors (Lipinski definition) is 3. The molecule has 0 unspecified atom stereocenters. The van der Waals surface area contributed by atoms with Crippen LogP contribution in [0.3, 0.4) is 0 Å². The predicted octanol–water partition coefficient (Wildman–Crippen LogP) is 4.08. The van der Waals surface area contributed by atoms with E-state index in [1.807, 2.05) is 61.5 Å². The van der Waals surface area contributed by atoms with Crippen molar-refractivity contribution in [1.29, 1.82) is 0 Å². The minimum absolute atomic E-state index is 0.0367. The first kappa shape index (κ1) is 22.9. The molecular weight excluding hydrogens is 456 g/mol. The van der Waals surface area contributed by atoms with Gasteiger partial charge in [0.15, 0.2) is 17.1 Å². The summed E-state index contributed by atoms with van der Waals surface area (Å²) in [6, 6.07) is 21.9. The summed E-state index contributed by atoms with van der Waals surface area (Å²) in [6.07, 6.45) is 1.56. The fraction of sp³-hybridized carbons (Fsp3) is 0.111. The van der Waals surface area contributed by atoms with Crippen molar-refractivity contribution < 1.29 is 14.6 Å². The second-order valence-corrected chi connectivity index (χ2v) is 8.03. The molecule has 5 aromatic rings. The quantitative estimate of drug-likeness (QED) is 0.301. The van der Waals surface area contributed by atoms with E-state index in [0.29, 0.717) is 46.7 Å². The van der Waals surface area contributed by atoms with Gasteiger partial charge in [0.1, 0.15) is 16.9 Å². The zero-order valence-corrected chi connectivity index (χ0v) is 19.5. The Morgan fingerprint density at radius 2 is 1.81 bits per heavy atom. The monoisotopic (exact) mass is 480 g/mol. The Labute approximate surface area is 206 Å². The zero-order chi connectivity index (χ0) is 25.1. The summed E-state index contributed by atoms with van der Waals surface area (Å²) < 4.78 is 6.85. The van der Waals surface area contributed by atoms with E-state index >= 15 is 0 Å². The molecular formula is C27H24N6O3. The van der Waals surface area contributed by atoms with Gasteiger partial charge in [-0.2, -0.15) is 9.78 Å². The van der Waals surface area contributed by atoms with Gasteiger partial charge in [-0.05, 0) is 48.4 Å². The highest BCUT2D eigenvalue weighted by Gasteiger charge is 2.24. The number of phenolic OH excluding ortho intramolecular Hbond substituents is 1. The number of fused-ring (bicyclic) bond motifs is 2. The van der Waals surface area contributed by atoms with Crippen LogP contribution in [0, 0.1) is 0 Å². The van der Waals surface area contributed by atoms with Crippen molar-refractivity contribution in [2.45, 2.75) is 13.5 Å². The molecule has 0 spiro atoms. The largest absolute Gasteiger partial charge is 0.504 e. The number of amides is 1. The van der Waals surface area contributed by atoms with Gasteiger partial charge in [-0.15, -0.1) is 0 Å². The average Bonchev–Trinajstić information content (AvgIpc) is 3.17. The molecule has 0 radical (unpaired) electrons. The Kier molecular flexibility index (Phi) is 6.19. The maximum absolute atomic E-state index is 13.3. The lowest BCUT2D eigenvalue weighted by Gasteiger charge is -2.06. The van der Waals surface area contributed by atoms with E-state index in [4.69, 9.17) is 15.5 Å². The molecule has 9 heteroatoms. The molecule has 4 N–H and O–H groups in total. The number of aromatic nitrogens is 3. The number of nitrogens with zero attached hydrogens (tertiary/aromatic N) is 4. The van der Waals surface area contributed by atoms with Gasteiger partial charge in [-0.1, -0.05) is 42.5 Å². The van der Waals surface area contributed by atoms with Gasteiger partial charge in [0.2, 0.25) is 0 Å². The van der Waals surface area contributed by atoms with Crippen LogP contribution in [0.5, 0.6) is 11.5 Å². The number of nitrogens with two attached hydrogens (primary N) is 1. The van der Waals surface area contributed by atoms with Gasteiger partial charge in [0, 0.05) is 6.54 Å². The number of phenols is 1. The summed E-state index contributed by atoms with van der Waals surface area (Å²) >= 11 is 0. The minimum Gasteiger partial charge on any atom is -0.504 e. The number of ether oxygens (including phenoxy) is 1. The van der Waals surface area contributed by atoms with E-state index in [-0.39, 0.29) is 23.0 Å². The van der Waals surface area contributed by atoms with Crippen molar-refractivity contribution in [3.8, 4) is 11.5 Å². The highest BCUT2D eigenvalue weighted by Crippen LogP contribution is 2.29. The number of aromatic hydroxyl groups is 1. The highest BCUT2D eigenvalue weighted by molar-refractivity contribution is 6.10. The van der Waals surface area contributed by atoms with E-state index in [1.165, 1.54) is 10.7 Å². The van der Waals surface area contributed by atoms with Crippen molar-refractivity contribution >= 4 is 40.1 Å². The molecule has 0 fully saturated rings. The number of carbonyl (C=O) groups is 1. The van der Waals surface area contributed by atoms with Crippen LogP contribution in [0.1, 0.15) is 28.4 Å². The topological polar surface area (TPSA) is 128 Å². The minimum atomic E-state index is -0.372. The number of benzene rings is 3. The lowest BCUT2D eigenvalue weighted by Crippen LogP contribution is -2.23. The Hall–Kier alpha value is -4.92. The molecule has 36 heavy (non-hydrogen) atoms. The number of hydrogen-bond acceptors (Lipinski definition) is 7. The molecule has 0 aliphatic carbocycles. The molecule has 0 aliphatic heterocycles. The van der Waals surface area contributed by atoms with E-state index in [1.54, 1.807) is 18.3 Å². The standard InChI is InChI=1S/C27H24N6O3/c1-2-36-22-14-18(12-13-21(22)34)16-30-33-25(28)23(27(35)29-15-17-8-4-3-5-9-17)24-26(33)32-20-11-7-6-10-19(20)31-24/h3-14,16,34H,2,15,28H2,1H3,(H,29,35)/b30-16-. The van der Waals surface area contributed by atoms with Gasteiger partial charge >= 0.3 is 0 Å². The Balaban J connectivity index is 1.58. The molecule has 0 saturated carbocycles. The third kappa shape index (κ3) is 4.41. The lowest BCUT2D eigenvalue weighted by atomic mass is 10.2. The van der Waals surface area contributed by atoms with Crippen LogP contribution >= 0.6 is 0 Å². The normalized spacial score (nSPS) is 11.4. The van der Waals surface area contributed by atoms with Crippen LogP contribution < -0.4 is 15.8 Å². The van der Waals surface area contributed by atoms with Gasteiger partial charge < -0.3 is 20.9 Å². The second-order valence-electron chi connectivity index (χ2n) is 8.03. The summed E-state index contributed by atoms with van der Waals surface area (Å²) in [5, 5.41) is 17.4. The van der Waals surface area contributed by atoms with E-state index in [9.17, 15) is 9.90 Å². The highest BCUT2D eigenvalue weighted by atomic mass is 16.5. The number of carbonyl (C=O) groups excluding carboxylic acids is 1. The molecule has 2 aromatic heterocycles. The fourth-order valence-electron chi connectivity index (χ4n) is 3.86. The van der Waals surface area contributed by atoms with Crippen molar-refractivity contribution in [1.82, 2.24) is 20.0 Å². The van der Waals surface area contributed by atoms with Gasteiger partial charge in [0.25, 0.3) is 5.91 Å². The maximum atomic E-state index is 13.3. The molecule has 180 valence electrons. The zero-order valence-electron chi connectivity index (χ0n) is 19.5. The summed E-state index contributed by atoms with van der Waals surface area (Å²) in [4.78, 5) is 22.6. The molecule has 1 amide bonds. The van der Waals surface area contributed by atoms with Crippen LogP contribution in [0.25, 0.3) is 22.2 Å². The number of rotatable bonds is 7. The third-order valence-corrected chi connectivity index (χ3v) is 5.60. The van der Waals surface area contributed by atoms with E-state index in [2.05, 4.69) is 15.4 Å². The van der Waals surface area contributed by atoms with Crippen molar-refractivity contribution in [3.63, 3.8) is 0 Å². The lowest BCUT2D eigenvalue weighted by molar-refractivity contribution is 0.0953. The third-order valence-electron chi connectivity index (χ3n) is 5.60. The molecule has 0 bridgehead atoms. The molecule has 2 heterocycles. The molecule has 0 atom stereocenters. The summed E-state index contributed by atoms with van der Waals surface area (Å²) in [6.45, 7) is 2.58.